The average molecular weight is 213 g/mol. The highest BCUT2D eigenvalue weighted by Crippen LogP contribution is 2.38. The highest BCUT2D eigenvalue weighted by Gasteiger charge is 2.42. The summed E-state index contributed by atoms with van der Waals surface area (Å²) in [7, 11) is 0. The number of rotatable bonds is 2. The summed E-state index contributed by atoms with van der Waals surface area (Å²) in [6.45, 7) is 5.54. The van der Waals surface area contributed by atoms with E-state index in [1.807, 2.05) is 0 Å². The number of morpholine rings is 1. The number of aliphatic hydroxyl groups is 1. The van der Waals surface area contributed by atoms with Crippen molar-refractivity contribution in [1.82, 2.24) is 4.90 Å². The van der Waals surface area contributed by atoms with Crippen LogP contribution in [-0.2, 0) is 4.74 Å². The van der Waals surface area contributed by atoms with Gasteiger partial charge in [-0.05, 0) is 25.7 Å². The van der Waals surface area contributed by atoms with Gasteiger partial charge in [-0.1, -0.05) is 13.3 Å². The molecule has 1 saturated carbocycles. The predicted octanol–water partition coefficient (Wildman–Crippen LogP) is 1.61. The maximum atomic E-state index is 10.8. The lowest BCUT2D eigenvalue weighted by Crippen LogP contribution is -2.58. The molecule has 0 radical (unpaired) electrons. The molecule has 3 heteroatoms. The van der Waals surface area contributed by atoms with Crippen LogP contribution >= 0.6 is 0 Å². The molecule has 0 aromatic heterocycles. The Morgan fingerprint density at radius 1 is 1.33 bits per heavy atom. The van der Waals surface area contributed by atoms with Gasteiger partial charge < -0.3 is 9.84 Å². The van der Waals surface area contributed by atoms with Crippen molar-refractivity contribution in [2.45, 2.75) is 44.8 Å². The monoisotopic (exact) mass is 213 g/mol. The molecule has 0 bridgehead atoms. The molecule has 0 amide bonds. The Morgan fingerprint density at radius 3 is 2.73 bits per heavy atom. The van der Waals surface area contributed by atoms with Crippen molar-refractivity contribution in [1.29, 1.82) is 0 Å². The molecule has 3 nitrogen and oxygen atoms in total. The Hall–Kier alpha value is -0.120. The molecule has 15 heavy (non-hydrogen) atoms. The van der Waals surface area contributed by atoms with E-state index in [0.29, 0.717) is 5.92 Å². The van der Waals surface area contributed by atoms with Crippen molar-refractivity contribution in [2.75, 3.05) is 26.3 Å². The smallest absolute Gasteiger partial charge is 0.121 e. The van der Waals surface area contributed by atoms with Crippen LogP contribution in [0.3, 0.4) is 0 Å². The van der Waals surface area contributed by atoms with Crippen molar-refractivity contribution in [3.8, 4) is 0 Å². The highest BCUT2D eigenvalue weighted by molar-refractivity contribution is 4.90. The predicted molar refractivity (Wildman–Crippen MR) is 59.6 cm³/mol. The van der Waals surface area contributed by atoms with Gasteiger partial charge in [0.15, 0.2) is 0 Å². The van der Waals surface area contributed by atoms with Crippen LogP contribution in [0.1, 0.15) is 39.0 Å². The van der Waals surface area contributed by atoms with E-state index in [2.05, 4.69) is 11.8 Å². The maximum absolute atomic E-state index is 10.8. The second-order valence-corrected chi connectivity index (χ2v) is 4.83. The Labute approximate surface area is 92.4 Å². The van der Waals surface area contributed by atoms with Gasteiger partial charge in [-0.25, -0.2) is 0 Å². The Morgan fingerprint density at radius 2 is 2.07 bits per heavy atom. The minimum atomic E-state index is -0.531. The van der Waals surface area contributed by atoms with Crippen LogP contribution in [0.25, 0.3) is 0 Å². The van der Waals surface area contributed by atoms with E-state index >= 15 is 0 Å². The standard InChI is InChI=1S/C12H23NO2/c1-2-11-5-3-4-6-12(11,14)13-7-9-15-10-8-13/h11,14H,2-10H2,1H3. The minimum Gasteiger partial charge on any atom is -0.379 e. The molecule has 0 spiro atoms. The van der Waals surface area contributed by atoms with Crippen LogP contribution in [0.5, 0.6) is 0 Å². The van der Waals surface area contributed by atoms with Gasteiger partial charge in [0, 0.05) is 19.0 Å². The second kappa shape index (κ2) is 4.81. The first-order valence-electron chi connectivity index (χ1n) is 6.32. The number of ether oxygens (including phenoxy) is 1. The molecule has 1 saturated heterocycles. The van der Waals surface area contributed by atoms with Gasteiger partial charge >= 0.3 is 0 Å². The van der Waals surface area contributed by atoms with Crippen molar-refractivity contribution >= 4 is 0 Å². The Bertz CT molecular complexity index is 204. The molecule has 88 valence electrons. The van der Waals surface area contributed by atoms with Gasteiger partial charge in [0.25, 0.3) is 0 Å². The molecule has 2 aliphatic rings. The van der Waals surface area contributed by atoms with Gasteiger partial charge in [-0.15, -0.1) is 0 Å². The molecular formula is C12H23NO2. The summed E-state index contributed by atoms with van der Waals surface area (Å²) in [4.78, 5) is 2.25. The molecule has 1 N–H and O–H groups in total. The van der Waals surface area contributed by atoms with Crippen LogP contribution < -0.4 is 0 Å². The molecule has 2 fully saturated rings. The summed E-state index contributed by atoms with van der Waals surface area (Å²) in [6.07, 6.45) is 5.68. The largest absolute Gasteiger partial charge is 0.379 e. The van der Waals surface area contributed by atoms with E-state index in [-0.39, 0.29) is 0 Å². The van der Waals surface area contributed by atoms with Crippen LogP contribution in [0.15, 0.2) is 0 Å². The number of hydrogen-bond donors (Lipinski definition) is 1. The maximum Gasteiger partial charge on any atom is 0.121 e. The summed E-state index contributed by atoms with van der Waals surface area (Å²) >= 11 is 0. The van der Waals surface area contributed by atoms with Crippen LogP contribution in [0, 0.1) is 5.92 Å². The van der Waals surface area contributed by atoms with E-state index in [9.17, 15) is 5.11 Å². The molecule has 0 aromatic carbocycles. The summed E-state index contributed by atoms with van der Waals surface area (Å²) in [5, 5.41) is 10.8. The third-order valence-corrected chi connectivity index (χ3v) is 4.05. The van der Waals surface area contributed by atoms with E-state index < -0.39 is 5.72 Å². The quantitative estimate of drug-likeness (QED) is 0.756. The van der Waals surface area contributed by atoms with E-state index in [1.165, 1.54) is 19.3 Å². The van der Waals surface area contributed by atoms with Crippen LogP contribution in [0.4, 0.5) is 0 Å². The third kappa shape index (κ3) is 2.19. The van der Waals surface area contributed by atoms with Crippen molar-refractivity contribution in [3.63, 3.8) is 0 Å². The van der Waals surface area contributed by atoms with E-state index in [1.54, 1.807) is 0 Å². The fourth-order valence-electron chi connectivity index (χ4n) is 3.11. The van der Waals surface area contributed by atoms with Gasteiger partial charge in [-0.2, -0.15) is 0 Å². The molecule has 2 atom stereocenters. The summed E-state index contributed by atoms with van der Waals surface area (Å²) in [5.74, 6) is 0.462. The lowest BCUT2D eigenvalue weighted by atomic mass is 9.78. The molecule has 1 heterocycles. The average Bonchev–Trinajstić information content (AvgIpc) is 2.31. The van der Waals surface area contributed by atoms with Gasteiger partial charge in [0.05, 0.1) is 13.2 Å². The first-order valence-corrected chi connectivity index (χ1v) is 6.32. The van der Waals surface area contributed by atoms with Crippen LogP contribution in [0.2, 0.25) is 0 Å². The van der Waals surface area contributed by atoms with Gasteiger partial charge in [-0.3, -0.25) is 4.90 Å². The van der Waals surface area contributed by atoms with E-state index in [0.717, 1.165) is 39.1 Å². The van der Waals surface area contributed by atoms with Crippen molar-refractivity contribution < 1.29 is 9.84 Å². The first-order chi connectivity index (χ1) is 7.27. The first kappa shape index (κ1) is 11.4. The zero-order valence-electron chi connectivity index (χ0n) is 9.74. The fourth-order valence-corrected chi connectivity index (χ4v) is 3.11. The molecule has 2 unspecified atom stereocenters. The lowest BCUT2D eigenvalue weighted by Gasteiger charge is -2.48. The summed E-state index contributed by atoms with van der Waals surface area (Å²) < 4.78 is 5.35. The van der Waals surface area contributed by atoms with Crippen molar-refractivity contribution in [3.05, 3.63) is 0 Å². The number of nitrogens with zero attached hydrogens (tertiary/aromatic N) is 1. The molecule has 0 aromatic rings. The molecule has 1 aliphatic heterocycles. The van der Waals surface area contributed by atoms with Crippen LogP contribution in [-0.4, -0.2) is 42.0 Å². The van der Waals surface area contributed by atoms with Gasteiger partial charge in [0.1, 0.15) is 5.72 Å². The molecule has 1 aliphatic carbocycles. The normalized spacial score (nSPS) is 39.2. The highest BCUT2D eigenvalue weighted by atomic mass is 16.5. The fraction of sp³-hybridized carbons (Fsp3) is 1.00. The van der Waals surface area contributed by atoms with Gasteiger partial charge in [0.2, 0.25) is 0 Å². The topological polar surface area (TPSA) is 32.7 Å². The van der Waals surface area contributed by atoms with E-state index in [4.69, 9.17) is 4.74 Å². The second-order valence-electron chi connectivity index (χ2n) is 4.83. The Balaban J connectivity index is 2.06. The third-order valence-electron chi connectivity index (χ3n) is 4.05. The zero-order valence-corrected chi connectivity index (χ0v) is 9.74. The Kier molecular flexibility index (Phi) is 3.65. The SMILES string of the molecule is CCC1CCCCC1(O)N1CCOCC1. The summed E-state index contributed by atoms with van der Waals surface area (Å²) in [5.41, 5.74) is -0.531. The summed E-state index contributed by atoms with van der Waals surface area (Å²) in [6, 6.07) is 0. The zero-order chi connectivity index (χ0) is 10.7. The molecular weight excluding hydrogens is 190 g/mol. The minimum absolute atomic E-state index is 0.462. The number of hydrogen-bond acceptors (Lipinski definition) is 3. The van der Waals surface area contributed by atoms with Crippen molar-refractivity contribution in [2.24, 2.45) is 5.92 Å². The molecule has 2 rings (SSSR count). The lowest BCUT2D eigenvalue weighted by molar-refractivity contribution is -0.190.